The first-order valence-electron chi connectivity index (χ1n) is 3.89. The molecule has 0 amide bonds. The fourth-order valence-corrected chi connectivity index (χ4v) is 7.75. The Kier molecular flexibility index (Phi) is 4.35. The first-order chi connectivity index (χ1) is 6.08. The summed E-state index contributed by atoms with van der Waals surface area (Å²) >= 11 is 0. The summed E-state index contributed by atoms with van der Waals surface area (Å²) in [5.41, 5.74) is 0. The first kappa shape index (κ1) is 14.1. The lowest BCUT2D eigenvalue weighted by molar-refractivity contribution is 0.495. The molecule has 5 nitrogen and oxygen atoms in total. The second kappa shape index (κ2) is 4.31. The molecular weight excluding hydrogens is 229 g/mol. The van der Waals surface area contributed by atoms with Gasteiger partial charge in [0.05, 0.1) is 9.62 Å². The molecule has 0 saturated carbocycles. The summed E-state index contributed by atoms with van der Waals surface area (Å²) in [6, 6.07) is 0. The predicted octanol–water partition coefficient (Wildman–Crippen LogP) is 0.435. The van der Waals surface area contributed by atoms with E-state index in [-0.39, 0.29) is 0 Å². The smallest absolute Gasteiger partial charge is 0.237 e. The maximum absolute atomic E-state index is 13.3. The maximum atomic E-state index is 13.3. The molecule has 0 aliphatic rings. The molecule has 0 atom stereocenters. The molecule has 0 aromatic heterocycles. The van der Waals surface area contributed by atoms with Crippen LogP contribution >= 0.6 is 9.62 Å². The Labute approximate surface area is 86.8 Å². The van der Waals surface area contributed by atoms with Crippen LogP contribution in [0.3, 0.4) is 0 Å². The van der Waals surface area contributed by atoms with Crippen LogP contribution < -0.4 is 0 Å². The van der Waals surface area contributed by atoms with Gasteiger partial charge in [-0.15, -0.1) is 0 Å². The van der Waals surface area contributed by atoms with E-state index >= 15 is 0 Å². The SMILES string of the molecule is CN(C)S(N(C)C)(N(C)C)S(=O)(=O)F. The van der Waals surface area contributed by atoms with Gasteiger partial charge in [0.25, 0.3) is 0 Å². The molecule has 0 spiro atoms. The Morgan fingerprint density at radius 1 is 0.786 bits per heavy atom. The Hall–Kier alpha value is 0.110. The Bertz CT molecular complexity index is 268. The van der Waals surface area contributed by atoms with Crippen LogP contribution in [0.4, 0.5) is 3.89 Å². The molecule has 0 unspecified atom stereocenters. The molecule has 0 aromatic rings. The molecule has 0 N–H and O–H groups in total. The van der Waals surface area contributed by atoms with Crippen molar-refractivity contribution in [2.75, 3.05) is 42.3 Å². The zero-order valence-corrected chi connectivity index (χ0v) is 11.0. The molecule has 0 aromatic carbocycles. The largest absolute Gasteiger partial charge is 0.377 e. The zero-order chi connectivity index (χ0) is 11.7. The van der Waals surface area contributed by atoms with Crippen molar-refractivity contribution in [2.24, 2.45) is 0 Å². The summed E-state index contributed by atoms with van der Waals surface area (Å²) in [4.78, 5) is 0. The van der Waals surface area contributed by atoms with E-state index in [0.717, 1.165) is 0 Å². The lowest BCUT2D eigenvalue weighted by Gasteiger charge is -2.49. The number of halogens is 1. The van der Waals surface area contributed by atoms with Gasteiger partial charge in [0.1, 0.15) is 0 Å². The molecule has 8 heteroatoms. The highest BCUT2D eigenvalue weighted by atomic mass is 33.2. The normalized spacial score (nSPS) is 15.6. The van der Waals surface area contributed by atoms with Gasteiger partial charge in [0.15, 0.2) is 0 Å². The van der Waals surface area contributed by atoms with Gasteiger partial charge in [-0.05, 0) is 42.3 Å². The van der Waals surface area contributed by atoms with E-state index < -0.39 is 18.9 Å². The monoisotopic (exact) mass is 247 g/mol. The lowest BCUT2D eigenvalue weighted by Crippen LogP contribution is -2.43. The van der Waals surface area contributed by atoms with Crippen LogP contribution in [0.5, 0.6) is 0 Å². The molecular formula is C6H18FN3O2S2. The van der Waals surface area contributed by atoms with Gasteiger partial charge in [-0.2, -0.15) is 8.42 Å². The molecule has 88 valence electrons. The Balaban J connectivity index is 5.66. The molecule has 0 aliphatic heterocycles. The van der Waals surface area contributed by atoms with Gasteiger partial charge in [-0.1, -0.05) is 3.89 Å². The second-order valence-electron chi connectivity index (χ2n) is 3.30. The van der Waals surface area contributed by atoms with E-state index in [4.69, 9.17) is 0 Å². The van der Waals surface area contributed by atoms with Crippen molar-refractivity contribution in [3.8, 4) is 0 Å². The molecule has 0 fully saturated rings. The van der Waals surface area contributed by atoms with E-state index in [9.17, 15) is 12.3 Å². The highest BCUT2D eigenvalue weighted by Crippen LogP contribution is 2.59. The van der Waals surface area contributed by atoms with E-state index in [1.807, 2.05) is 0 Å². The second-order valence-corrected chi connectivity index (χ2v) is 9.75. The minimum Gasteiger partial charge on any atom is -0.237 e. The topological polar surface area (TPSA) is 43.9 Å². The first-order valence-corrected chi connectivity index (χ1v) is 7.29. The van der Waals surface area contributed by atoms with Gasteiger partial charge in [-0.25, -0.2) is 12.9 Å². The Morgan fingerprint density at radius 3 is 1.00 bits per heavy atom. The van der Waals surface area contributed by atoms with Crippen LogP contribution in [0.25, 0.3) is 0 Å². The van der Waals surface area contributed by atoms with Crippen molar-refractivity contribution in [3.63, 3.8) is 0 Å². The van der Waals surface area contributed by atoms with Crippen LogP contribution in [-0.4, -0.2) is 63.6 Å². The number of rotatable bonds is 4. The summed E-state index contributed by atoms with van der Waals surface area (Å²) < 4.78 is 40.0. The van der Waals surface area contributed by atoms with E-state index in [1.165, 1.54) is 12.9 Å². The van der Waals surface area contributed by atoms with Gasteiger partial charge in [0, 0.05) is 0 Å². The van der Waals surface area contributed by atoms with E-state index in [0.29, 0.717) is 0 Å². The summed E-state index contributed by atoms with van der Waals surface area (Å²) in [5.74, 6) is 0. The molecule has 0 saturated heterocycles. The standard InChI is InChI=1S/C6H18FN3O2S2/c1-8(2)14(9(3)4,10(5)6)13(7,11)12/h1-6H3. The minimum atomic E-state index is -4.66. The molecule has 0 radical (unpaired) electrons. The van der Waals surface area contributed by atoms with E-state index in [2.05, 4.69) is 0 Å². The van der Waals surface area contributed by atoms with Crippen LogP contribution in [0.1, 0.15) is 0 Å². The van der Waals surface area contributed by atoms with Gasteiger partial charge in [-0.3, -0.25) is 0 Å². The zero-order valence-electron chi connectivity index (χ0n) is 9.35. The summed E-state index contributed by atoms with van der Waals surface area (Å²) in [5, 5.41) is 0. The lowest BCUT2D eigenvalue weighted by atomic mass is 11.2. The van der Waals surface area contributed by atoms with Crippen molar-refractivity contribution in [1.29, 1.82) is 0 Å². The van der Waals surface area contributed by atoms with Crippen LogP contribution in [0.2, 0.25) is 0 Å². The maximum Gasteiger partial charge on any atom is 0.377 e. The predicted molar refractivity (Wildman–Crippen MR) is 58.7 cm³/mol. The minimum absolute atomic E-state index is 1.39. The number of nitrogens with zero attached hydrogens (tertiary/aromatic N) is 3. The third kappa shape index (κ3) is 2.03. The van der Waals surface area contributed by atoms with Gasteiger partial charge >= 0.3 is 9.26 Å². The third-order valence-corrected chi connectivity index (χ3v) is 9.37. The quantitative estimate of drug-likeness (QED) is 0.532. The number of hydrogen-bond acceptors (Lipinski definition) is 5. The molecule has 0 rings (SSSR count). The highest BCUT2D eigenvalue weighted by Gasteiger charge is 2.45. The average molecular weight is 247 g/mol. The van der Waals surface area contributed by atoms with Crippen molar-refractivity contribution < 1.29 is 12.3 Å². The molecule has 14 heavy (non-hydrogen) atoms. The van der Waals surface area contributed by atoms with Crippen LogP contribution in [0.15, 0.2) is 0 Å². The highest BCUT2D eigenvalue weighted by molar-refractivity contribution is 8.85. The fourth-order valence-electron chi connectivity index (χ4n) is 1.51. The van der Waals surface area contributed by atoms with Crippen LogP contribution in [0, 0.1) is 0 Å². The summed E-state index contributed by atoms with van der Waals surface area (Å²) in [6.45, 7) is 0. The fraction of sp³-hybridized carbons (Fsp3) is 1.00. The molecule has 0 bridgehead atoms. The third-order valence-electron chi connectivity index (χ3n) is 1.69. The number of hydrogen-bond donors (Lipinski definition) is 0. The van der Waals surface area contributed by atoms with E-state index in [1.54, 1.807) is 42.3 Å². The Morgan fingerprint density at radius 2 is 1.00 bits per heavy atom. The van der Waals surface area contributed by atoms with Crippen molar-refractivity contribution >= 4 is 18.9 Å². The summed E-state index contributed by atoms with van der Waals surface area (Å²) in [6.07, 6.45) is 0. The van der Waals surface area contributed by atoms with Gasteiger partial charge in [0.2, 0.25) is 0 Å². The van der Waals surface area contributed by atoms with Gasteiger partial charge < -0.3 is 0 Å². The molecule has 0 heterocycles. The molecule has 0 aliphatic carbocycles. The summed E-state index contributed by atoms with van der Waals surface area (Å²) in [7, 11) is 1.87. The van der Waals surface area contributed by atoms with Crippen LogP contribution in [-0.2, 0) is 9.26 Å². The average Bonchev–Trinajstić information content (AvgIpc) is 1.79. The van der Waals surface area contributed by atoms with Crippen molar-refractivity contribution in [1.82, 2.24) is 12.9 Å². The van der Waals surface area contributed by atoms with Crippen molar-refractivity contribution in [3.05, 3.63) is 0 Å². The van der Waals surface area contributed by atoms with Crippen molar-refractivity contribution in [2.45, 2.75) is 0 Å².